The Balaban J connectivity index is 1.56. The Labute approximate surface area is 125 Å². The monoisotopic (exact) mass is 290 g/mol. The fraction of sp³-hybridized carbons (Fsp3) is 0.625. The number of nitrogens with zero attached hydrogens (tertiary/aromatic N) is 2. The molecule has 0 saturated carbocycles. The van der Waals surface area contributed by atoms with Crippen LogP contribution in [-0.2, 0) is 9.53 Å². The zero-order chi connectivity index (χ0) is 14.9. The summed E-state index contributed by atoms with van der Waals surface area (Å²) in [6.07, 6.45) is 2.71. The normalized spacial score (nSPS) is 23.4. The first-order chi connectivity index (χ1) is 10.1. The van der Waals surface area contributed by atoms with Crippen LogP contribution in [0.4, 0.5) is 0 Å². The minimum atomic E-state index is -0.195. The van der Waals surface area contributed by atoms with Crippen molar-refractivity contribution in [3.8, 4) is 5.88 Å². The Morgan fingerprint density at radius 2 is 2.33 bits per heavy atom. The minimum Gasteiger partial charge on any atom is -0.477 e. The van der Waals surface area contributed by atoms with Gasteiger partial charge in [0.2, 0.25) is 11.8 Å². The van der Waals surface area contributed by atoms with Crippen LogP contribution in [0.25, 0.3) is 0 Å². The molecule has 2 fully saturated rings. The van der Waals surface area contributed by atoms with Crippen molar-refractivity contribution < 1.29 is 14.3 Å². The van der Waals surface area contributed by atoms with Crippen LogP contribution in [0.5, 0.6) is 5.88 Å². The van der Waals surface area contributed by atoms with E-state index in [4.69, 9.17) is 9.47 Å². The molecule has 5 nitrogen and oxygen atoms in total. The molecule has 114 valence electrons. The molecule has 2 aliphatic heterocycles. The molecule has 1 amide bonds. The molecule has 1 unspecified atom stereocenters. The van der Waals surface area contributed by atoms with Crippen molar-refractivity contribution >= 4 is 5.91 Å². The number of likely N-dealkylation sites (tertiary alicyclic amines) is 1. The van der Waals surface area contributed by atoms with E-state index in [1.165, 1.54) is 0 Å². The van der Waals surface area contributed by atoms with Gasteiger partial charge in [0.1, 0.15) is 5.60 Å². The summed E-state index contributed by atoms with van der Waals surface area (Å²) in [4.78, 5) is 18.0. The van der Waals surface area contributed by atoms with Crippen molar-refractivity contribution in [3.63, 3.8) is 0 Å². The van der Waals surface area contributed by atoms with Crippen molar-refractivity contribution in [1.29, 1.82) is 0 Å². The van der Waals surface area contributed by atoms with Gasteiger partial charge in [0, 0.05) is 30.7 Å². The van der Waals surface area contributed by atoms with Gasteiger partial charge in [-0.1, -0.05) is 19.9 Å². The number of carbonyl (C=O) groups excluding carboxylic acids is 1. The third-order valence-corrected chi connectivity index (χ3v) is 4.39. The van der Waals surface area contributed by atoms with E-state index in [0.717, 1.165) is 13.0 Å². The molecule has 3 rings (SSSR count). The van der Waals surface area contributed by atoms with Crippen molar-refractivity contribution in [2.24, 2.45) is 11.8 Å². The van der Waals surface area contributed by atoms with Crippen molar-refractivity contribution in [2.75, 3.05) is 26.3 Å². The molecular formula is C16H22N2O3. The van der Waals surface area contributed by atoms with Gasteiger partial charge >= 0.3 is 0 Å². The van der Waals surface area contributed by atoms with Crippen LogP contribution in [0, 0.1) is 11.8 Å². The van der Waals surface area contributed by atoms with Crippen LogP contribution in [-0.4, -0.2) is 47.7 Å². The minimum absolute atomic E-state index is 0.0481. The highest BCUT2D eigenvalue weighted by Crippen LogP contribution is 2.40. The summed E-state index contributed by atoms with van der Waals surface area (Å²) in [6, 6.07) is 5.64. The second-order valence-electron chi connectivity index (χ2n) is 6.23. The average Bonchev–Trinajstić information content (AvgIpc) is 2.87. The van der Waals surface area contributed by atoms with Gasteiger partial charge in [-0.3, -0.25) is 4.79 Å². The standard InChI is InChI=1S/C16H22N2O3/c1-12(2)15(19)18-10-16(11-18)13(6-8-21-16)9-20-14-5-3-4-7-17-14/h3-5,7,12-13H,6,8-11H2,1-2H3. The molecule has 2 aliphatic rings. The zero-order valence-electron chi connectivity index (χ0n) is 12.6. The lowest BCUT2D eigenvalue weighted by atomic mass is 9.80. The fourth-order valence-electron chi connectivity index (χ4n) is 3.11. The predicted octanol–water partition coefficient (Wildman–Crippen LogP) is 1.73. The van der Waals surface area contributed by atoms with Gasteiger partial charge in [0.05, 0.1) is 19.7 Å². The number of hydrogen-bond acceptors (Lipinski definition) is 4. The smallest absolute Gasteiger partial charge is 0.225 e. The average molecular weight is 290 g/mol. The van der Waals surface area contributed by atoms with Crippen LogP contribution in [0.3, 0.4) is 0 Å². The summed E-state index contributed by atoms with van der Waals surface area (Å²) in [5.41, 5.74) is -0.195. The zero-order valence-corrected chi connectivity index (χ0v) is 12.6. The second-order valence-corrected chi connectivity index (χ2v) is 6.23. The highest BCUT2D eigenvalue weighted by atomic mass is 16.5. The highest BCUT2D eigenvalue weighted by Gasteiger charge is 2.54. The van der Waals surface area contributed by atoms with Gasteiger partial charge in [0.15, 0.2) is 0 Å². The second kappa shape index (κ2) is 5.64. The molecule has 2 saturated heterocycles. The molecule has 0 aliphatic carbocycles. The number of hydrogen-bond donors (Lipinski definition) is 0. The van der Waals surface area contributed by atoms with E-state index in [0.29, 0.717) is 31.5 Å². The molecule has 1 atom stereocenters. The molecular weight excluding hydrogens is 268 g/mol. The van der Waals surface area contributed by atoms with Crippen molar-refractivity contribution in [3.05, 3.63) is 24.4 Å². The first kappa shape index (κ1) is 14.3. The third kappa shape index (κ3) is 2.75. The number of aromatic nitrogens is 1. The summed E-state index contributed by atoms with van der Waals surface area (Å²) in [5.74, 6) is 1.23. The topological polar surface area (TPSA) is 51.7 Å². The number of pyridine rings is 1. The Kier molecular flexibility index (Phi) is 3.85. The SMILES string of the molecule is CC(C)C(=O)N1CC2(C1)OCCC2COc1ccccn1. The van der Waals surface area contributed by atoms with E-state index in [9.17, 15) is 4.79 Å². The lowest BCUT2D eigenvalue weighted by Gasteiger charge is -2.50. The molecule has 1 aromatic heterocycles. The number of ether oxygens (including phenoxy) is 2. The summed E-state index contributed by atoms with van der Waals surface area (Å²) in [7, 11) is 0. The Bertz CT molecular complexity index is 498. The van der Waals surface area contributed by atoms with E-state index in [1.54, 1.807) is 6.20 Å². The maximum absolute atomic E-state index is 12.0. The lowest BCUT2D eigenvalue weighted by Crippen LogP contribution is -2.67. The van der Waals surface area contributed by atoms with Crippen molar-refractivity contribution in [2.45, 2.75) is 25.9 Å². The molecule has 0 aromatic carbocycles. The maximum Gasteiger partial charge on any atom is 0.225 e. The number of amides is 1. The molecule has 5 heteroatoms. The number of rotatable bonds is 4. The largest absolute Gasteiger partial charge is 0.477 e. The molecule has 1 spiro atoms. The van der Waals surface area contributed by atoms with Gasteiger partial charge in [0.25, 0.3) is 0 Å². The van der Waals surface area contributed by atoms with E-state index in [-0.39, 0.29) is 17.4 Å². The van der Waals surface area contributed by atoms with Crippen LogP contribution < -0.4 is 4.74 Å². The van der Waals surface area contributed by atoms with E-state index in [2.05, 4.69) is 4.98 Å². The molecule has 1 aromatic rings. The van der Waals surface area contributed by atoms with Crippen molar-refractivity contribution in [1.82, 2.24) is 9.88 Å². The summed E-state index contributed by atoms with van der Waals surface area (Å²) in [6.45, 7) is 6.61. The number of carbonyl (C=O) groups is 1. The van der Waals surface area contributed by atoms with Crippen LogP contribution >= 0.6 is 0 Å². The van der Waals surface area contributed by atoms with Gasteiger partial charge < -0.3 is 14.4 Å². The lowest BCUT2D eigenvalue weighted by molar-refractivity contribution is -0.169. The van der Waals surface area contributed by atoms with Crippen LogP contribution in [0.2, 0.25) is 0 Å². The Morgan fingerprint density at radius 3 is 3.00 bits per heavy atom. The van der Waals surface area contributed by atoms with E-state index < -0.39 is 0 Å². The Hall–Kier alpha value is -1.62. The van der Waals surface area contributed by atoms with Gasteiger partial charge in [-0.15, -0.1) is 0 Å². The van der Waals surface area contributed by atoms with Gasteiger partial charge in [-0.05, 0) is 12.5 Å². The fourth-order valence-corrected chi connectivity index (χ4v) is 3.11. The first-order valence-corrected chi connectivity index (χ1v) is 7.57. The highest BCUT2D eigenvalue weighted by molar-refractivity contribution is 5.79. The molecule has 0 N–H and O–H groups in total. The van der Waals surface area contributed by atoms with Gasteiger partial charge in [-0.2, -0.15) is 0 Å². The quantitative estimate of drug-likeness (QED) is 0.847. The van der Waals surface area contributed by atoms with Crippen LogP contribution in [0.15, 0.2) is 24.4 Å². The predicted molar refractivity (Wildman–Crippen MR) is 77.9 cm³/mol. The molecule has 3 heterocycles. The molecule has 0 radical (unpaired) electrons. The summed E-state index contributed by atoms with van der Waals surface area (Å²) in [5, 5.41) is 0. The van der Waals surface area contributed by atoms with E-state index in [1.807, 2.05) is 36.9 Å². The Morgan fingerprint density at radius 1 is 1.52 bits per heavy atom. The van der Waals surface area contributed by atoms with Crippen LogP contribution in [0.1, 0.15) is 20.3 Å². The summed E-state index contributed by atoms with van der Waals surface area (Å²) >= 11 is 0. The van der Waals surface area contributed by atoms with E-state index >= 15 is 0 Å². The molecule has 0 bridgehead atoms. The third-order valence-electron chi connectivity index (χ3n) is 4.39. The first-order valence-electron chi connectivity index (χ1n) is 7.57. The summed E-state index contributed by atoms with van der Waals surface area (Å²) < 4.78 is 11.7. The maximum atomic E-state index is 12.0. The van der Waals surface area contributed by atoms with Gasteiger partial charge in [-0.25, -0.2) is 4.98 Å². The molecule has 21 heavy (non-hydrogen) atoms.